The maximum atomic E-state index is 13.1. The fraction of sp³-hybridized carbons (Fsp3) is 0.471. The average Bonchev–Trinajstić information content (AvgIpc) is 3.11. The average molecular weight is 367 g/mol. The number of aryl methyl sites for hydroxylation is 2. The highest BCUT2D eigenvalue weighted by Crippen LogP contribution is 2.34. The van der Waals surface area contributed by atoms with Gasteiger partial charge < -0.3 is 4.74 Å². The van der Waals surface area contributed by atoms with E-state index in [9.17, 15) is 8.42 Å². The first-order valence-electron chi connectivity index (χ1n) is 7.98. The van der Waals surface area contributed by atoms with Crippen molar-refractivity contribution in [2.24, 2.45) is 0 Å². The van der Waals surface area contributed by atoms with Crippen LogP contribution in [0.2, 0.25) is 0 Å². The van der Waals surface area contributed by atoms with Crippen LogP contribution < -0.4 is 4.74 Å². The molecule has 2 aromatic rings. The predicted molar refractivity (Wildman–Crippen MR) is 95.3 cm³/mol. The summed E-state index contributed by atoms with van der Waals surface area (Å²) in [5, 5.41) is 3.08. The summed E-state index contributed by atoms with van der Waals surface area (Å²) in [7, 11) is -2.03. The molecule has 1 aromatic carbocycles. The van der Waals surface area contributed by atoms with Gasteiger partial charge in [0.15, 0.2) is 0 Å². The molecule has 24 heavy (non-hydrogen) atoms. The van der Waals surface area contributed by atoms with Gasteiger partial charge in [-0.05, 0) is 49.9 Å². The van der Waals surface area contributed by atoms with E-state index in [0.29, 0.717) is 24.8 Å². The van der Waals surface area contributed by atoms with Gasteiger partial charge in [0.25, 0.3) is 0 Å². The number of aromatic nitrogens is 1. The molecule has 1 aliphatic rings. The molecule has 0 atom stereocenters. The second-order valence-corrected chi connectivity index (χ2v) is 8.97. The fourth-order valence-corrected chi connectivity index (χ4v) is 5.55. The molecule has 0 aliphatic carbocycles. The molecule has 2 heterocycles. The SMILES string of the molecule is COc1cc(C)c(C)cc1S(=O)(=O)N1CCC(c2nccs2)CC1. The number of sulfonamides is 1. The van der Waals surface area contributed by atoms with Crippen LogP contribution in [0.5, 0.6) is 5.75 Å². The molecule has 1 saturated heterocycles. The highest BCUT2D eigenvalue weighted by Gasteiger charge is 2.32. The van der Waals surface area contributed by atoms with Crippen LogP contribution in [0.3, 0.4) is 0 Å². The number of thiazole rings is 1. The number of piperidine rings is 1. The zero-order valence-corrected chi connectivity index (χ0v) is 15.8. The summed E-state index contributed by atoms with van der Waals surface area (Å²) in [6, 6.07) is 3.51. The summed E-state index contributed by atoms with van der Waals surface area (Å²) >= 11 is 1.65. The standard InChI is InChI=1S/C17H22N2O3S2/c1-12-10-15(22-3)16(11-13(12)2)24(20,21)19-7-4-14(5-8-19)17-18-6-9-23-17/h6,9-11,14H,4-5,7-8H2,1-3H3. The summed E-state index contributed by atoms with van der Waals surface area (Å²) in [6.45, 7) is 4.90. The van der Waals surface area contributed by atoms with Crippen LogP contribution >= 0.6 is 11.3 Å². The molecule has 0 bridgehead atoms. The van der Waals surface area contributed by atoms with Crippen molar-refractivity contribution in [2.75, 3.05) is 20.2 Å². The quantitative estimate of drug-likeness (QED) is 0.833. The van der Waals surface area contributed by atoms with Crippen LogP contribution in [0.25, 0.3) is 0 Å². The Morgan fingerprint density at radius 2 is 1.88 bits per heavy atom. The summed E-state index contributed by atoms with van der Waals surface area (Å²) < 4.78 is 33.0. The maximum Gasteiger partial charge on any atom is 0.246 e. The number of benzene rings is 1. The predicted octanol–water partition coefficient (Wildman–Crippen LogP) is 3.34. The lowest BCUT2D eigenvalue weighted by Gasteiger charge is -2.30. The normalized spacial score (nSPS) is 17.1. The second kappa shape index (κ2) is 6.82. The number of ether oxygens (including phenoxy) is 1. The van der Waals surface area contributed by atoms with Crippen molar-refractivity contribution >= 4 is 21.4 Å². The van der Waals surface area contributed by atoms with Gasteiger partial charge in [0.1, 0.15) is 10.6 Å². The Morgan fingerprint density at radius 3 is 2.46 bits per heavy atom. The van der Waals surface area contributed by atoms with E-state index >= 15 is 0 Å². The minimum absolute atomic E-state index is 0.265. The molecule has 130 valence electrons. The maximum absolute atomic E-state index is 13.1. The van der Waals surface area contributed by atoms with E-state index in [1.165, 1.54) is 7.11 Å². The fourth-order valence-electron chi connectivity index (χ4n) is 3.04. The number of rotatable bonds is 4. The van der Waals surface area contributed by atoms with Crippen LogP contribution in [0.15, 0.2) is 28.6 Å². The van der Waals surface area contributed by atoms with E-state index < -0.39 is 10.0 Å². The van der Waals surface area contributed by atoms with Gasteiger partial charge in [-0.2, -0.15) is 4.31 Å². The molecule has 5 nitrogen and oxygen atoms in total. The molecule has 3 rings (SSSR count). The van der Waals surface area contributed by atoms with Gasteiger partial charge in [-0.25, -0.2) is 13.4 Å². The lowest BCUT2D eigenvalue weighted by atomic mass is 9.99. The molecule has 0 unspecified atom stereocenters. The minimum atomic E-state index is -3.54. The van der Waals surface area contributed by atoms with Crippen LogP contribution in [-0.2, 0) is 10.0 Å². The lowest BCUT2D eigenvalue weighted by Crippen LogP contribution is -2.38. The Balaban J connectivity index is 1.83. The van der Waals surface area contributed by atoms with Crippen molar-refractivity contribution in [3.05, 3.63) is 39.8 Å². The Hall–Kier alpha value is -1.44. The second-order valence-electron chi connectivity index (χ2n) is 6.14. The van der Waals surface area contributed by atoms with Gasteiger partial charge in [0, 0.05) is 30.6 Å². The largest absolute Gasteiger partial charge is 0.495 e. The Kier molecular flexibility index (Phi) is 4.94. The molecule has 0 amide bonds. The van der Waals surface area contributed by atoms with Crippen molar-refractivity contribution in [3.63, 3.8) is 0 Å². The first kappa shape index (κ1) is 17.4. The van der Waals surface area contributed by atoms with Gasteiger partial charge in [0.05, 0.1) is 12.1 Å². The first-order chi connectivity index (χ1) is 11.4. The zero-order valence-electron chi connectivity index (χ0n) is 14.2. The van der Waals surface area contributed by atoms with Crippen LogP contribution in [0.4, 0.5) is 0 Å². The van der Waals surface area contributed by atoms with E-state index in [4.69, 9.17) is 4.74 Å². The smallest absolute Gasteiger partial charge is 0.246 e. The first-order valence-corrected chi connectivity index (χ1v) is 10.3. The van der Waals surface area contributed by atoms with Crippen molar-refractivity contribution in [2.45, 2.75) is 37.5 Å². The number of methoxy groups -OCH3 is 1. The molecule has 1 fully saturated rings. The number of hydrogen-bond acceptors (Lipinski definition) is 5. The topological polar surface area (TPSA) is 59.5 Å². The van der Waals surface area contributed by atoms with Gasteiger partial charge in [-0.1, -0.05) is 0 Å². The van der Waals surface area contributed by atoms with Crippen LogP contribution in [-0.4, -0.2) is 37.9 Å². The third-order valence-electron chi connectivity index (χ3n) is 4.65. The summed E-state index contributed by atoms with van der Waals surface area (Å²) in [5.74, 6) is 0.776. The van der Waals surface area contributed by atoms with Gasteiger partial charge in [-0.3, -0.25) is 0 Å². The third kappa shape index (κ3) is 3.20. The Bertz CT molecular complexity index is 809. The van der Waals surface area contributed by atoms with Gasteiger partial charge in [0.2, 0.25) is 10.0 Å². The van der Waals surface area contributed by atoms with E-state index in [2.05, 4.69) is 4.98 Å². The zero-order chi connectivity index (χ0) is 17.3. The van der Waals surface area contributed by atoms with Crippen molar-refractivity contribution in [1.29, 1.82) is 0 Å². The van der Waals surface area contributed by atoms with E-state index in [-0.39, 0.29) is 4.90 Å². The van der Waals surface area contributed by atoms with Gasteiger partial charge in [-0.15, -0.1) is 11.3 Å². The molecule has 0 radical (unpaired) electrons. The Morgan fingerprint density at radius 1 is 1.21 bits per heavy atom. The summed E-state index contributed by atoms with van der Waals surface area (Å²) in [5.41, 5.74) is 1.97. The highest BCUT2D eigenvalue weighted by atomic mass is 32.2. The van der Waals surface area contributed by atoms with Crippen molar-refractivity contribution < 1.29 is 13.2 Å². The van der Waals surface area contributed by atoms with E-state index in [1.807, 2.05) is 25.4 Å². The lowest BCUT2D eigenvalue weighted by molar-refractivity contribution is 0.317. The van der Waals surface area contributed by atoms with Crippen molar-refractivity contribution in [3.8, 4) is 5.75 Å². The molecular weight excluding hydrogens is 344 g/mol. The van der Waals surface area contributed by atoms with Crippen LogP contribution in [0, 0.1) is 13.8 Å². The molecule has 0 saturated carbocycles. The monoisotopic (exact) mass is 366 g/mol. The van der Waals surface area contributed by atoms with E-state index in [0.717, 1.165) is 29.0 Å². The van der Waals surface area contributed by atoms with Crippen LogP contribution in [0.1, 0.15) is 34.9 Å². The van der Waals surface area contributed by atoms with Crippen molar-refractivity contribution in [1.82, 2.24) is 9.29 Å². The summed E-state index contributed by atoms with van der Waals surface area (Å²) in [4.78, 5) is 4.63. The molecule has 1 aromatic heterocycles. The Labute approximate surface area is 147 Å². The highest BCUT2D eigenvalue weighted by molar-refractivity contribution is 7.89. The summed E-state index contributed by atoms with van der Waals surface area (Å²) in [6.07, 6.45) is 3.42. The molecular formula is C17H22N2O3S2. The molecule has 1 aliphatic heterocycles. The number of hydrogen-bond donors (Lipinski definition) is 0. The van der Waals surface area contributed by atoms with E-state index in [1.54, 1.807) is 27.8 Å². The third-order valence-corrected chi connectivity index (χ3v) is 7.51. The molecule has 0 N–H and O–H groups in total. The number of nitrogens with zero attached hydrogens (tertiary/aromatic N) is 2. The van der Waals surface area contributed by atoms with Gasteiger partial charge >= 0.3 is 0 Å². The molecule has 0 spiro atoms. The molecule has 7 heteroatoms. The minimum Gasteiger partial charge on any atom is -0.495 e.